The maximum absolute atomic E-state index is 12.1. The van der Waals surface area contributed by atoms with Crippen molar-refractivity contribution in [3.8, 4) is 0 Å². The number of hydrogen-bond acceptors (Lipinski definition) is 4. The van der Waals surface area contributed by atoms with Crippen molar-refractivity contribution in [2.24, 2.45) is 0 Å². The number of amides is 1. The molecule has 3 rings (SSSR count). The molecule has 0 unspecified atom stereocenters. The Morgan fingerprint density at radius 1 is 0.885 bits per heavy atom. The van der Waals surface area contributed by atoms with E-state index in [1.807, 2.05) is 6.07 Å². The molecule has 7 heteroatoms. The van der Waals surface area contributed by atoms with Gasteiger partial charge in [-0.3, -0.25) is 4.79 Å². The predicted octanol–water partition coefficient (Wildman–Crippen LogP) is 3.15. The minimum Gasteiger partial charge on any atom is -0.459 e. The van der Waals surface area contributed by atoms with Gasteiger partial charge in [0.15, 0.2) is 5.76 Å². The van der Waals surface area contributed by atoms with Gasteiger partial charge in [-0.25, -0.2) is 13.1 Å². The molecule has 2 N–H and O–H groups in total. The van der Waals surface area contributed by atoms with Crippen LogP contribution in [-0.4, -0.2) is 14.3 Å². The Kier molecular flexibility index (Phi) is 5.50. The fraction of sp³-hybridized carbons (Fsp3) is 0.105. The fourth-order valence-electron chi connectivity index (χ4n) is 2.34. The summed E-state index contributed by atoms with van der Waals surface area (Å²) in [7, 11) is -3.42. The molecule has 1 aromatic heterocycles. The number of benzene rings is 2. The van der Waals surface area contributed by atoms with E-state index < -0.39 is 10.0 Å². The number of anilines is 1. The van der Waals surface area contributed by atoms with E-state index in [1.165, 1.54) is 6.26 Å². The van der Waals surface area contributed by atoms with Crippen LogP contribution in [0.4, 0.5) is 5.69 Å². The Labute approximate surface area is 151 Å². The summed E-state index contributed by atoms with van der Waals surface area (Å²) in [6, 6.07) is 19.1. The van der Waals surface area contributed by atoms with Crippen molar-refractivity contribution in [2.75, 3.05) is 5.32 Å². The van der Waals surface area contributed by atoms with Crippen LogP contribution in [0, 0.1) is 0 Å². The van der Waals surface area contributed by atoms with Crippen molar-refractivity contribution >= 4 is 21.6 Å². The van der Waals surface area contributed by atoms with Crippen LogP contribution in [0.25, 0.3) is 0 Å². The molecule has 3 aromatic rings. The number of sulfonamides is 1. The molecule has 0 aliphatic rings. The summed E-state index contributed by atoms with van der Waals surface area (Å²) < 4.78 is 31.9. The molecular weight excluding hydrogens is 352 g/mol. The van der Waals surface area contributed by atoms with E-state index in [9.17, 15) is 13.2 Å². The molecule has 0 aliphatic carbocycles. The minimum absolute atomic E-state index is 0.0644. The van der Waals surface area contributed by atoms with E-state index in [0.29, 0.717) is 5.69 Å². The second kappa shape index (κ2) is 7.99. The Balaban J connectivity index is 1.55. The van der Waals surface area contributed by atoms with Gasteiger partial charge in [-0.15, -0.1) is 0 Å². The zero-order valence-corrected chi connectivity index (χ0v) is 14.7. The van der Waals surface area contributed by atoms with E-state index in [1.54, 1.807) is 60.7 Å². The van der Waals surface area contributed by atoms with E-state index in [-0.39, 0.29) is 24.0 Å². The monoisotopic (exact) mass is 370 g/mol. The maximum atomic E-state index is 12.1. The molecule has 0 spiro atoms. The topological polar surface area (TPSA) is 88.4 Å². The Morgan fingerprint density at radius 3 is 2.27 bits per heavy atom. The lowest BCUT2D eigenvalue weighted by Gasteiger charge is -2.08. The lowest BCUT2D eigenvalue weighted by atomic mass is 10.2. The first-order valence-corrected chi connectivity index (χ1v) is 9.62. The highest BCUT2D eigenvalue weighted by Crippen LogP contribution is 2.12. The van der Waals surface area contributed by atoms with Gasteiger partial charge in [-0.05, 0) is 35.4 Å². The lowest BCUT2D eigenvalue weighted by Crippen LogP contribution is -2.24. The molecule has 0 bridgehead atoms. The molecule has 0 saturated carbocycles. The first-order valence-electron chi connectivity index (χ1n) is 7.97. The smallest absolute Gasteiger partial charge is 0.291 e. The summed E-state index contributed by atoms with van der Waals surface area (Å²) in [6.07, 6.45) is 1.43. The van der Waals surface area contributed by atoms with Gasteiger partial charge in [0.2, 0.25) is 10.0 Å². The third kappa shape index (κ3) is 5.05. The lowest BCUT2D eigenvalue weighted by molar-refractivity contribution is 0.0996. The fourth-order valence-corrected chi connectivity index (χ4v) is 3.46. The summed E-state index contributed by atoms with van der Waals surface area (Å²) in [5, 5.41) is 2.71. The number of hydrogen-bond donors (Lipinski definition) is 2. The number of nitrogens with one attached hydrogen (secondary N) is 2. The van der Waals surface area contributed by atoms with E-state index in [0.717, 1.165) is 11.1 Å². The quantitative estimate of drug-likeness (QED) is 0.669. The average molecular weight is 370 g/mol. The van der Waals surface area contributed by atoms with Crippen molar-refractivity contribution in [3.05, 3.63) is 89.9 Å². The molecule has 6 nitrogen and oxygen atoms in total. The average Bonchev–Trinajstić information content (AvgIpc) is 3.16. The van der Waals surface area contributed by atoms with Gasteiger partial charge in [-0.2, -0.15) is 0 Å². The second-order valence-electron chi connectivity index (χ2n) is 5.69. The molecule has 0 fully saturated rings. The molecule has 0 radical (unpaired) electrons. The van der Waals surface area contributed by atoms with Crippen LogP contribution in [0.1, 0.15) is 21.7 Å². The Hall–Kier alpha value is -2.90. The number of carbonyl (C=O) groups excluding carboxylic acids is 1. The first-order chi connectivity index (χ1) is 12.5. The van der Waals surface area contributed by atoms with Crippen molar-refractivity contribution in [2.45, 2.75) is 12.3 Å². The van der Waals surface area contributed by atoms with Gasteiger partial charge in [0.05, 0.1) is 12.0 Å². The standard InChI is InChI=1S/C19H18N2O4S/c22-19(18-7-4-12-25-18)21-17-10-8-15(9-11-17)13-20-26(23,24)14-16-5-2-1-3-6-16/h1-12,20H,13-14H2,(H,21,22). The van der Waals surface area contributed by atoms with Crippen LogP contribution in [0.3, 0.4) is 0 Å². The van der Waals surface area contributed by atoms with Crippen LogP contribution in [0.15, 0.2) is 77.4 Å². The third-order valence-corrected chi connectivity index (χ3v) is 4.95. The zero-order chi connectivity index (χ0) is 18.4. The largest absolute Gasteiger partial charge is 0.459 e. The summed E-state index contributed by atoms with van der Waals surface area (Å²) >= 11 is 0. The number of carbonyl (C=O) groups is 1. The van der Waals surface area contributed by atoms with Gasteiger partial charge in [0, 0.05) is 12.2 Å². The summed E-state index contributed by atoms with van der Waals surface area (Å²) in [6.45, 7) is 0.182. The van der Waals surface area contributed by atoms with Gasteiger partial charge in [0.1, 0.15) is 0 Å². The van der Waals surface area contributed by atoms with Gasteiger partial charge < -0.3 is 9.73 Å². The first kappa shape index (κ1) is 17.9. The maximum Gasteiger partial charge on any atom is 0.291 e. The van der Waals surface area contributed by atoms with E-state index in [4.69, 9.17) is 4.42 Å². The summed E-state index contributed by atoms with van der Waals surface area (Å²) in [5.74, 6) is -0.181. The van der Waals surface area contributed by atoms with Crippen LogP contribution in [0.2, 0.25) is 0 Å². The third-order valence-electron chi connectivity index (χ3n) is 3.65. The number of furan rings is 1. The normalized spacial score (nSPS) is 11.2. The molecule has 0 saturated heterocycles. The molecule has 26 heavy (non-hydrogen) atoms. The predicted molar refractivity (Wildman–Crippen MR) is 99.0 cm³/mol. The van der Waals surface area contributed by atoms with Gasteiger partial charge in [0.25, 0.3) is 5.91 Å². The van der Waals surface area contributed by atoms with Crippen molar-refractivity contribution < 1.29 is 17.6 Å². The SMILES string of the molecule is O=C(Nc1ccc(CNS(=O)(=O)Cc2ccccc2)cc1)c1ccco1. The van der Waals surface area contributed by atoms with Crippen molar-refractivity contribution in [1.29, 1.82) is 0 Å². The minimum atomic E-state index is -3.42. The highest BCUT2D eigenvalue weighted by molar-refractivity contribution is 7.88. The van der Waals surface area contributed by atoms with E-state index >= 15 is 0 Å². The van der Waals surface area contributed by atoms with Crippen LogP contribution < -0.4 is 10.0 Å². The molecule has 134 valence electrons. The Bertz CT molecular complexity index is 951. The molecule has 2 aromatic carbocycles. The zero-order valence-electron chi connectivity index (χ0n) is 13.9. The van der Waals surface area contributed by atoms with Gasteiger partial charge >= 0.3 is 0 Å². The molecule has 1 heterocycles. The van der Waals surface area contributed by atoms with Crippen LogP contribution in [-0.2, 0) is 22.3 Å². The number of rotatable bonds is 7. The summed E-state index contributed by atoms with van der Waals surface area (Å²) in [4.78, 5) is 11.9. The molecular formula is C19H18N2O4S. The molecule has 0 aliphatic heterocycles. The van der Waals surface area contributed by atoms with Crippen molar-refractivity contribution in [3.63, 3.8) is 0 Å². The Morgan fingerprint density at radius 2 is 1.62 bits per heavy atom. The summed E-state index contributed by atoms with van der Waals surface area (Å²) in [5.41, 5.74) is 2.12. The van der Waals surface area contributed by atoms with E-state index in [2.05, 4.69) is 10.0 Å². The highest BCUT2D eigenvalue weighted by atomic mass is 32.2. The van der Waals surface area contributed by atoms with Gasteiger partial charge in [-0.1, -0.05) is 42.5 Å². The highest BCUT2D eigenvalue weighted by Gasteiger charge is 2.11. The molecule has 1 amide bonds. The molecule has 0 atom stereocenters. The van der Waals surface area contributed by atoms with Crippen LogP contribution >= 0.6 is 0 Å². The van der Waals surface area contributed by atoms with Crippen LogP contribution in [0.5, 0.6) is 0 Å². The second-order valence-corrected chi connectivity index (χ2v) is 7.50. The van der Waals surface area contributed by atoms with Crippen molar-refractivity contribution in [1.82, 2.24) is 4.72 Å².